The largest absolute Gasteiger partial charge is 0.488 e. The number of benzene rings is 2. The van der Waals surface area contributed by atoms with Gasteiger partial charge in [-0.15, -0.1) is 0 Å². The number of amides is 2. The first-order valence-electron chi connectivity index (χ1n) is 8.32. The lowest BCUT2D eigenvalue weighted by Crippen LogP contribution is -2.38. The summed E-state index contributed by atoms with van der Waals surface area (Å²) in [4.78, 5) is 23.2. The van der Waals surface area contributed by atoms with Gasteiger partial charge in [0, 0.05) is 16.6 Å². The molecule has 3 rings (SSSR count). The molecule has 0 bridgehead atoms. The summed E-state index contributed by atoms with van der Waals surface area (Å²) in [5.74, 6) is -1.46. The number of carbonyl (C=O) groups is 2. The molecule has 0 atom stereocenters. The molecule has 1 saturated carbocycles. The zero-order valence-corrected chi connectivity index (χ0v) is 15.0. The summed E-state index contributed by atoms with van der Waals surface area (Å²) in [6.07, 6.45) is 3.10. The zero-order chi connectivity index (χ0) is 19.2. The summed E-state index contributed by atoms with van der Waals surface area (Å²) in [7, 11) is 0. The Hall–Kier alpha value is -2.93. The number of nitrogens with one attached hydrogen (secondary N) is 2. The van der Waals surface area contributed by atoms with Gasteiger partial charge in [-0.1, -0.05) is 23.7 Å². The van der Waals surface area contributed by atoms with Gasteiger partial charge in [-0.05, 0) is 48.7 Å². The van der Waals surface area contributed by atoms with E-state index in [1.165, 1.54) is 18.3 Å². The summed E-state index contributed by atoms with van der Waals surface area (Å²) < 4.78 is 18.9. The summed E-state index contributed by atoms with van der Waals surface area (Å²) in [6, 6.07) is 11.0. The Morgan fingerprint density at radius 1 is 1.22 bits per heavy atom. The number of ether oxygens (including phenoxy) is 1. The fourth-order valence-corrected chi connectivity index (χ4v) is 2.41. The van der Waals surface area contributed by atoms with E-state index in [1.807, 2.05) is 0 Å². The molecule has 0 heterocycles. The molecular weight excluding hydrogens is 373 g/mol. The van der Waals surface area contributed by atoms with Gasteiger partial charge < -0.3 is 10.1 Å². The number of rotatable bonds is 6. The number of nitrogens with zero attached hydrogens (tertiary/aromatic N) is 1. The van der Waals surface area contributed by atoms with Crippen molar-refractivity contribution in [2.75, 3.05) is 0 Å². The zero-order valence-electron chi connectivity index (χ0n) is 14.2. The van der Waals surface area contributed by atoms with Crippen LogP contribution in [-0.2, 0) is 16.2 Å². The van der Waals surface area contributed by atoms with Crippen LogP contribution in [0.5, 0.6) is 5.75 Å². The number of carbonyl (C=O) groups excluding carboxylic acids is 2. The van der Waals surface area contributed by atoms with E-state index in [2.05, 4.69) is 15.8 Å². The van der Waals surface area contributed by atoms with Crippen LogP contribution < -0.4 is 15.5 Å². The van der Waals surface area contributed by atoms with Crippen LogP contribution in [0.15, 0.2) is 47.6 Å². The van der Waals surface area contributed by atoms with Gasteiger partial charge in [-0.2, -0.15) is 5.10 Å². The first-order valence-corrected chi connectivity index (χ1v) is 8.70. The molecule has 27 heavy (non-hydrogen) atoms. The highest BCUT2D eigenvalue weighted by Gasteiger charge is 2.26. The van der Waals surface area contributed by atoms with Gasteiger partial charge in [-0.3, -0.25) is 9.59 Å². The molecule has 1 fully saturated rings. The van der Waals surface area contributed by atoms with E-state index in [-0.39, 0.29) is 18.5 Å². The van der Waals surface area contributed by atoms with Crippen LogP contribution in [0.2, 0.25) is 5.02 Å². The quantitative estimate of drug-likeness (QED) is 0.453. The van der Waals surface area contributed by atoms with Gasteiger partial charge in [0.15, 0.2) is 0 Å². The van der Waals surface area contributed by atoms with Crippen molar-refractivity contribution in [3.05, 3.63) is 64.4 Å². The number of halogens is 2. The number of hydrogen-bond acceptors (Lipinski definition) is 4. The van der Waals surface area contributed by atoms with E-state index < -0.39 is 11.8 Å². The third-order valence-electron chi connectivity index (χ3n) is 3.74. The first kappa shape index (κ1) is 18.8. The molecule has 0 unspecified atom stereocenters. The standard InChI is InChI=1S/C19H17ClFN3O3/c20-14-4-7-17(27-11-12-2-1-3-15(21)8-12)13(9-14)10-22-24-19(26)18(25)23-16-5-6-16/h1-4,7-10,16H,5-6,11H2,(H,23,25)(H,24,26)/b22-10-. The van der Waals surface area contributed by atoms with Gasteiger partial charge in [0.1, 0.15) is 18.2 Å². The van der Waals surface area contributed by atoms with Crippen molar-refractivity contribution >= 4 is 29.6 Å². The van der Waals surface area contributed by atoms with Crippen molar-refractivity contribution in [2.45, 2.75) is 25.5 Å². The SMILES string of the molecule is O=C(N/N=C\c1cc(Cl)ccc1OCc1cccc(F)c1)C(=O)NC1CC1. The van der Waals surface area contributed by atoms with Crippen LogP contribution in [0, 0.1) is 5.82 Å². The molecular formula is C19H17ClFN3O3. The van der Waals surface area contributed by atoms with Gasteiger partial charge in [0.2, 0.25) is 0 Å². The minimum Gasteiger partial charge on any atom is -0.488 e. The molecule has 0 radical (unpaired) electrons. The summed E-state index contributed by atoms with van der Waals surface area (Å²) in [6.45, 7) is 0.149. The maximum absolute atomic E-state index is 13.2. The molecule has 0 saturated heterocycles. The van der Waals surface area contributed by atoms with E-state index in [9.17, 15) is 14.0 Å². The second kappa shape index (κ2) is 8.64. The monoisotopic (exact) mass is 389 g/mol. The fraction of sp³-hybridized carbons (Fsp3) is 0.211. The normalized spacial score (nSPS) is 13.4. The molecule has 0 aromatic heterocycles. The first-order chi connectivity index (χ1) is 13.0. The Balaban J connectivity index is 1.62. The average molecular weight is 390 g/mol. The van der Waals surface area contributed by atoms with Gasteiger partial charge in [0.25, 0.3) is 0 Å². The molecule has 2 aromatic carbocycles. The maximum atomic E-state index is 13.2. The molecule has 8 heteroatoms. The van der Waals surface area contributed by atoms with Crippen molar-refractivity contribution in [1.29, 1.82) is 0 Å². The van der Waals surface area contributed by atoms with Gasteiger partial charge in [-0.25, -0.2) is 9.82 Å². The third kappa shape index (κ3) is 5.79. The second-order valence-electron chi connectivity index (χ2n) is 6.05. The minimum absolute atomic E-state index is 0.0861. The van der Waals surface area contributed by atoms with E-state index in [1.54, 1.807) is 30.3 Å². The molecule has 1 aliphatic carbocycles. The van der Waals surface area contributed by atoms with Crippen LogP contribution in [0.4, 0.5) is 4.39 Å². The molecule has 140 valence electrons. The highest BCUT2D eigenvalue weighted by atomic mass is 35.5. The van der Waals surface area contributed by atoms with Crippen LogP contribution >= 0.6 is 11.6 Å². The van der Waals surface area contributed by atoms with Gasteiger partial charge in [0.05, 0.1) is 6.21 Å². The van der Waals surface area contributed by atoms with Crippen LogP contribution in [-0.4, -0.2) is 24.1 Å². The van der Waals surface area contributed by atoms with Gasteiger partial charge >= 0.3 is 11.8 Å². The van der Waals surface area contributed by atoms with Crippen LogP contribution in [0.3, 0.4) is 0 Å². The van der Waals surface area contributed by atoms with Crippen molar-refractivity contribution in [3.63, 3.8) is 0 Å². The maximum Gasteiger partial charge on any atom is 0.329 e. The lowest BCUT2D eigenvalue weighted by molar-refractivity contribution is -0.139. The Morgan fingerprint density at radius 3 is 2.78 bits per heavy atom. The number of hydrazone groups is 1. The minimum atomic E-state index is -0.845. The summed E-state index contributed by atoms with van der Waals surface area (Å²) in [5.41, 5.74) is 3.33. The van der Waals surface area contributed by atoms with Crippen molar-refractivity contribution < 1.29 is 18.7 Å². The van der Waals surface area contributed by atoms with Crippen molar-refractivity contribution in [1.82, 2.24) is 10.7 Å². The Morgan fingerprint density at radius 2 is 2.04 bits per heavy atom. The molecule has 2 N–H and O–H groups in total. The number of hydrogen-bond donors (Lipinski definition) is 2. The van der Waals surface area contributed by atoms with Crippen molar-refractivity contribution in [3.8, 4) is 5.75 Å². The lowest BCUT2D eigenvalue weighted by Gasteiger charge is -2.10. The molecule has 1 aliphatic rings. The molecule has 2 amide bonds. The Kier molecular flexibility index (Phi) is 6.03. The second-order valence-corrected chi connectivity index (χ2v) is 6.48. The fourth-order valence-electron chi connectivity index (χ4n) is 2.23. The smallest absolute Gasteiger partial charge is 0.329 e. The Bertz CT molecular complexity index is 884. The molecule has 0 aliphatic heterocycles. The van der Waals surface area contributed by atoms with E-state index in [0.29, 0.717) is 21.9 Å². The Labute approximate surface area is 160 Å². The van der Waals surface area contributed by atoms with Crippen molar-refractivity contribution in [2.24, 2.45) is 5.10 Å². The topological polar surface area (TPSA) is 79.8 Å². The van der Waals surface area contributed by atoms with E-state index in [4.69, 9.17) is 16.3 Å². The van der Waals surface area contributed by atoms with E-state index in [0.717, 1.165) is 12.8 Å². The summed E-state index contributed by atoms with van der Waals surface area (Å²) >= 11 is 5.99. The third-order valence-corrected chi connectivity index (χ3v) is 3.98. The highest BCUT2D eigenvalue weighted by molar-refractivity contribution is 6.35. The predicted molar refractivity (Wildman–Crippen MR) is 99.1 cm³/mol. The van der Waals surface area contributed by atoms with E-state index >= 15 is 0 Å². The predicted octanol–water partition coefficient (Wildman–Crippen LogP) is 2.79. The average Bonchev–Trinajstić information content (AvgIpc) is 3.45. The highest BCUT2D eigenvalue weighted by Crippen LogP contribution is 2.22. The van der Waals surface area contributed by atoms with Crippen LogP contribution in [0.25, 0.3) is 0 Å². The molecule has 6 nitrogen and oxygen atoms in total. The molecule has 2 aromatic rings. The molecule has 0 spiro atoms. The summed E-state index contributed by atoms with van der Waals surface area (Å²) in [5, 5.41) is 6.79. The van der Waals surface area contributed by atoms with Crippen LogP contribution in [0.1, 0.15) is 24.0 Å². The lowest BCUT2D eigenvalue weighted by atomic mass is 10.2.